The van der Waals surface area contributed by atoms with E-state index in [4.69, 9.17) is 10.2 Å². The minimum Gasteiger partial charge on any atom is -0.468 e. The van der Waals surface area contributed by atoms with Crippen LogP contribution in [0.2, 0.25) is 0 Å². The number of hydrogen-bond acceptors (Lipinski definition) is 5. The Kier molecular flexibility index (Phi) is 3.48. The molecule has 0 bridgehead atoms. The molecule has 8 heteroatoms. The molecule has 0 spiro atoms. The fourth-order valence-corrected chi connectivity index (χ4v) is 3.77. The molecular weight excluding hydrogens is 326 g/mol. The van der Waals surface area contributed by atoms with Crippen molar-refractivity contribution in [3.63, 3.8) is 0 Å². The fourth-order valence-electron chi connectivity index (χ4n) is 3.77. The van der Waals surface area contributed by atoms with Crippen molar-refractivity contribution in [1.29, 1.82) is 0 Å². The molecular formula is C17H17N3O5. The number of aryl methyl sites for hydroxylation is 1. The molecule has 8 nitrogen and oxygen atoms in total. The van der Waals surface area contributed by atoms with Gasteiger partial charge in [0.2, 0.25) is 0 Å². The van der Waals surface area contributed by atoms with Gasteiger partial charge < -0.3 is 20.0 Å². The lowest BCUT2D eigenvalue weighted by atomic mass is 9.94. The molecule has 1 aromatic rings. The quantitative estimate of drug-likeness (QED) is 0.564. The van der Waals surface area contributed by atoms with Crippen molar-refractivity contribution in [2.45, 2.75) is 19.3 Å². The van der Waals surface area contributed by atoms with Crippen LogP contribution in [0.3, 0.4) is 0 Å². The number of carbonyl (C=O) groups excluding carboxylic acids is 4. The van der Waals surface area contributed by atoms with Crippen molar-refractivity contribution in [2.24, 2.45) is 5.73 Å². The van der Waals surface area contributed by atoms with Gasteiger partial charge >= 0.3 is 11.8 Å². The second-order valence-electron chi connectivity index (χ2n) is 6.62. The zero-order valence-corrected chi connectivity index (χ0v) is 13.5. The lowest BCUT2D eigenvalue weighted by molar-refractivity contribution is -0.143. The number of amides is 3. The molecule has 1 aliphatic carbocycles. The van der Waals surface area contributed by atoms with E-state index in [1.54, 1.807) is 4.90 Å². The normalized spacial score (nSPS) is 19.3. The summed E-state index contributed by atoms with van der Waals surface area (Å²) in [5.74, 6) is -1.37. The SMILES string of the molecule is NC(=O)C(=O)N1CC2=C(C1)CN(C(=O)c1coc3c1C(=O)CCC3)C2. The second kappa shape index (κ2) is 5.58. The number of nitrogens with zero attached hydrogens (tertiary/aromatic N) is 2. The summed E-state index contributed by atoms with van der Waals surface area (Å²) in [5.41, 5.74) is 7.68. The molecule has 0 saturated carbocycles. The third-order valence-corrected chi connectivity index (χ3v) is 5.00. The van der Waals surface area contributed by atoms with Crippen molar-refractivity contribution >= 4 is 23.5 Å². The highest BCUT2D eigenvalue weighted by atomic mass is 16.3. The van der Waals surface area contributed by atoms with Gasteiger partial charge in [-0.3, -0.25) is 19.2 Å². The zero-order chi connectivity index (χ0) is 17.7. The molecule has 0 aromatic carbocycles. The first-order valence-corrected chi connectivity index (χ1v) is 8.17. The molecule has 0 radical (unpaired) electrons. The van der Waals surface area contributed by atoms with E-state index in [9.17, 15) is 19.2 Å². The largest absolute Gasteiger partial charge is 0.468 e. The summed E-state index contributed by atoms with van der Waals surface area (Å²) < 4.78 is 5.42. The Morgan fingerprint density at radius 3 is 2.28 bits per heavy atom. The van der Waals surface area contributed by atoms with Crippen molar-refractivity contribution < 1.29 is 23.6 Å². The molecule has 0 fully saturated rings. The zero-order valence-electron chi connectivity index (χ0n) is 13.5. The van der Waals surface area contributed by atoms with Gasteiger partial charge in [-0.1, -0.05) is 0 Å². The molecule has 3 amide bonds. The van der Waals surface area contributed by atoms with E-state index in [1.807, 2.05) is 0 Å². The number of rotatable bonds is 1. The third-order valence-electron chi connectivity index (χ3n) is 5.00. The fraction of sp³-hybridized carbons (Fsp3) is 0.412. The highest BCUT2D eigenvalue weighted by Gasteiger charge is 2.37. The Bertz CT molecular complexity index is 832. The van der Waals surface area contributed by atoms with Crippen LogP contribution in [0.5, 0.6) is 0 Å². The Morgan fingerprint density at radius 2 is 1.64 bits per heavy atom. The standard InChI is InChI=1S/C17H17N3O5/c18-15(22)17(24)20-6-9-4-19(5-10(9)7-20)16(23)11-8-25-13-3-1-2-12(21)14(11)13/h8H,1-7H2,(H2,18,22). The number of hydrogen-bond donors (Lipinski definition) is 1. The maximum atomic E-state index is 12.8. The van der Waals surface area contributed by atoms with Gasteiger partial charge in [0.1, 0.15) is 12.0 Å². The smallest absolute Gasteiger partial charge is 0.312 e. The maximum absolute atomic E-state index is 12.8. The lowest BCUT2D eigenvalue weighted by Crippen LogP contribution is -2.41. The molecule has 0 saturated heterocycles. The molecule has 3 heterocycles. The summed E-state index contributed by atoms with van der Waals surface area (Å²) in [7, 11) is 0. The van der Waals surface area contributed by atoms with E-state index in [0.29, 0.717) is 55.9 Å². The molecule has 25 heavy (non-hydrogen) atoms. The van der Waals surface area contributed by atoms with Crippen LogP contribution in [0.4, 0.5) is 0 Å². The molecule has 0 atom stereocenters. The van der Waals surface area contributed by atoms with E-state index >= 15 is 0 Å². The molecule has 4 rings (SSSR count). The van der Waals surface area contributed by atoms with Crippen LogP contribution >= 0.6 is 0 Å². The number of furan rings is 1. The Labute approximate surface area is 143 Å². The predicted octanol–water partition coefficient (Wildman–Crippen LogP) is -0.122. The van der Waals surface area contributed by atoms with E-state index in [2.05, 4.69) is 0 Å². The van der Waals surface area contributed by atoms with Gasteiger partial charge in [-0.25, -0.2) is 0 Å². The minimum atomic E-state index is -0.974. The van der Waals surface area contributed by atoms with E-state index < -0.39 is 11.8 Å². The van der Waals surface area contributed by atoms with Crippen molar-refractivity contribution in [1.82, 2.24) is 9.80 Å². The average molecular weight is 343 g/mol. The van der Waals surface area contributed by atoms with Crippen LogP contribution in [0, 0.1) is 0 Å². The number of primary amides is 1. The molecule has 1 aromatic heterocycles. The average Bonchev–Trinajstić information content (AvgIpc) is 3.26. The minimum absolute atomic E-state index is 0.0451. The van der Waals surface area contributed by atoms with Gasteiger partial charge in [0.15, 0.2) is 5.78 Å². The summed E-state index contributed by atoms with van der Waals surface area (Å²) >= 11 is 0. The van der Waals surface area contributed by atoms with Crippen LogP contribution in [-0.4, -0.2) is 59.5 Å². The van der Waals surface area contributed by atoms with Gasteiger partial charge in [0.25, 0.3) is 5.91 Å². The highest BCUT2D eigenvalue weighted by molar-refractivity contribution is 6.34. The third kappa shape index (κ3) is 2.45. The van der Waals surface area contributed by atoms with Crippen LogP contribution in [0.1, 0.15) is 39.3 Å². The Hall–Kier alpha value is -2.90. The van der Waals surface area contributed by atoms with Gasteiger partial charge in [-0.2, -0.15) is 0 Å². The van der Waals surface area contributed by atoms with E-state index in [0.717, 1.165) is 17.6 Å². The summed E-state index contributed by atoms with van der Waals surface area (Å²) in [5, 5.41) is 0. The van der Waals surface area contributed by atoms with E-state index in [1.165, 1.54) is 11.2 Å². The summed E-state index contributed by atoms with van der Waals surface area (Å²) in [6.45, 7) is 1.38. The summed E-state index contributed by atoms with van der Waals surface area (Å²) in [6.07, 6.45) is 3.23. The second-order valence-corrected chi connectivity index (χ2v) is 6.62. The van der Waals surface area contributed by atoms with Gasteiger partial charge in [0.05, 0.1) is 11.1 Å². The maximum Gasteiger partial charge on any atom is 0.312 e. The topological polar surface area (TPSA) is 114 Å². The molecule has 3 aliphatic rings. The summed E-state index contributed by atoms with van der Waals surface area (Å²) in [6, 6.07) is 0. The lowest BCUT2D eigenvalue weighted by Gasteiger charge is -2.22. The number of nitrogens with two attached hydrogens (primary N) is 1. The summed E-state index contributed by atoms with van der Waals surface area (Å²) in [4.78, 5) is 50.7. The van der Waals surface area contributed by atoms with Crippen molar-refractivity contribution in [2.75, 3.05) is 26.2 Å². The van der Waals surface area contributed by atoms with E-state index in [-0.39, 0.29) is 11.7 Å². The number of Topliss-reactive ketones (excluding diaryl/α,β-unsaturated/α-hetero) is 1. The predicted molar refractivity (Wildman–Crippen MR) is 84.7 cm³/mol. The first-order chi connectivity index (χ1) is 12.0. The van der Waals surface area contributed by atoms with Crippen molar-refractivity contribution in [3.05, 3.63) is 34.3 Å². The number of carbonyl (C=O) groups is 4. The van der Waals surface area contributed by atoms with Gasteiger partial charge in [0, 0.05) is 39.0 Å². The van der Waals surface area contributed by atoms with Gasteiger partial charge in [-0.15, -0.1) is 0 Å². The first kappa shape index (κ1) is 15.6. The van der Waals surface area contributed by atoms with Gasteiger partial charge in [-0.05, 0) is 17.6 Å². The number of fused-ring (bicyclic) bond motifs is 1. The van der Waals surface area contributed by atoms with Crippen molar-refractivity contribution in [3.8, 4) is 0 Å². The Morgan fingerprint density at radius 1 is 1.00 bits per heavy atom. The highest BCUT2D eigenvalue weighted by Crippen LogP contribution is 2.30. The molecule has 2 aliphatic heterocycles. The first-order valence-electron chi connectivity index (χ1n) is 8.17. The van der Waals surface area contributed by atoms with Crippen LogP contribution in [0.25, 0.3) is 0 Å². The molecule has 130 valence electrons. The molecule has 2 N–H and O–H groups in total. The molecule has 0 unspecified atom stereocenters. The Balaban J connectivity index is 1.48. The van der Waals surface area contributed by atoms with Crippen LogP contribution in [0.15, 0.2) is 21.8 Å². The number of ketones is 1. The van der Waals surface area contributed by atoms with Crippen LogP contribution < -0.4 is 5.73 Å². The van der Waals surface area contributed by atoms with Crippen LogP contribution in [-0.2, 0) is 16.0 Å². The monoisotopic (exact) mass is 343 g/mol.